The molecule has 0 saturated carbocycles. The van der Waals surface area contributed by atoms with Crippen LogP contribution in [0, 0.1) is 0 Å². The van der Waals surface area contributed by atoms with Gasteiger partial charge in [0.05, 0.1) is 11.3 Å². The summed E-state index contributed by atoms with van der Waals surface area (Å²) in [6.45, 7) is 0. The van der Waals surface area contributed by atoms with Crippen molar-refractivity contribution >= 4 is 38.9 Å². The van der Waals surface area contributed by atoms with Crippen LogP contribution in [0.25, 0.3) is 0 Å². The molecule has 0 aliphatic heterocycles. The van der Waals surface area contributed by atoms with Crippen LogP contribution in [-0.4, -0.2) is 29.5 Å². The number of carbonyl (C=O) groups excluding carboxylic acids is 1. The van der Waals surface area contributed by atoms with Crippen LogP contribution in [0.2, 0.25) is 0 Å². The molecule has 8 nitrogen and oxygen atoms in total. The second kappa shape index (κ2) is 6.18. The molecular formula is C13H11N5O3S2. The average molecular weight is 349 g/mol. The molecule has 10 heteroatoms. The number of anilines is 2. The Bertz CT molecular complexity index is 905. The summed E-state index contributed by atoms with van der Waals surface area (Å²) in [6, 6.07) is 9.43. The molecule has 0 saturated heterocycles. The molecule has 0 aliphatic rings. The lowest BCUT2D eigenvalue weighted by Gasteiger charge is -2.11. The third-order valence-corrected chi connectivity index (χ3v) is 5.59. The van der Waals surface area contributed by atoms with E-state index in [1.54, 1.807) is 23.6 Å². The highest BCUT2D eigenvalue weighted by Crippen LogP contribution is 2.23. The van der Waals surface area contributed by atoms with Gasteiger partial charge in [-0.15, -0.1) is 11.3 Å². The molecule has 1 amide bonds. The summed E-state index contributed by atoms with van der Waals surface area (Å²) in [4.78, 5) is 16.1. The average Bonchev–Trinajstić information content (AvgIpc) is 3.21. The maximum atomic E-state index is 12.3. The first-order valence-electron chi connectivity index (χ1n) is 6.38. The number of amides is 1. The third-order valence-electron chi connectivity index (χ3n) is 2.82. The lowest BCUT2D eigenvalue weighted by atomic mass is 10.2. The summed E-state index contributed by atoms with van der Waals surface area (Å²) >= 11 is 1.09. The fraction of sp³-hybridized carbons (Fsp3) is 0. The van der Waals surface area contributed by atoms with Crippen molar-refractivity contribution in [2.45, 2.75) is 4.21 Å². The smallest absolute Gasteiger partial charge is 0.271 e. The molecule has 23 heavy (non-hydrogen) atoms. The fourth-order valence-electron chi connectivity index (χ4n) is 1.82. The summed E-state index contributed by atoms with van der Waals surface area (Å²) < 4.78 is 27.2. The van der Waals surface area contributed by atoms with Gasteiger partial charge in [-0.3, -0.25) is 14.8 Å². The van der Waals surface area contributed by atoms with Crippen LogP contribution < -0.4 is 10.0 Å². The minimum atomic E-state index is -3.74. The van der Waals surface area contributed by atoms with Crippen LogP contribution >= 0.6 is 11.3 Å². The Morgan fingerprint density at radius 3 is 2.70 bits per heavy atom. The molecule has 2 aromatic heterocycles. The maximum absolute atomic E-state index is 12.3. The van der Waals surface area contributed by atoms with Crippen molar-refractivity contribution in [1.82, 2.24) is 15.2 Å². The number of thiophene rings is 1. The van der Waals surface area contributed by atoms with Gasteiger partial charge >= 0.3 is 0 Å². The largest absolute Gasteiger partial charge is 0.291 e. The van der Waals surface area contributed by atoms with Gasteiger partial charge in [0.15, 0.2) is 0 Å². The number of carbonyl (C=O) groups is 1. The standard InChI is InChI=1S/C13H11N5O3S2/c19-12(16-13-14-8-15-17-13)9-4-1-2-5-10(9)18-23(20,21)11-6-3-7-22-11/h1-8,18H,(H2,14,15,16,17,19). The Kier molecular flexibility index (Phi) is 4.08. The zero-order valence-corrected chi connectivity index (χ0v) is 13.2. The molecule has 2 heterocycles. The summed E-state index contributed by atoms with van der Waals surface area (Å²) in [6.07, 6.45) is 1.25. The number of rotatable bonds is 5. The van der Waals surface area contributed by atoms with Crippen molar-refractivity contribution in [1.29, 1.82) is 0 Å². The monoisotopic (exact) mass is 349 g/mol. The molecular weight excluding hydrogens is 338 g/mol. The van der Waals surface area contributed by atoms with Crippen LogP contribution in [0.1, 0.15) is 10.4 Å². The molecule has 0 bridgehead atoms. The quantitative estimate of drug-likeness (QED) is 0.650. The lowest BCUT2D eigenvalue weighted by molar-refractivity contribution is 0.102. The van der Waals surface area contributed by atoms with Crippen molar-refractivity contribution in [3.63, 3.8) is 0 Å². The molecule has 0 atom stereocenters. The van der Waals surface area contributed by atoms with Crippen LogP contribution in [0.15, 0.2) is 52.3 Å². The normalized spacial score (nSPS) is 11.1. The molecule has 118 valence electrons. The Morgan fingerprint density at radius 1 is 1.17 bits per heavy atom. The van der Waals surface area contributed by atoms with Gasteiger partial charge in [0.2, 0.25) is 5.95 Å². The highest BCUT2D eigenvalue weighted by atomic mass is 32.2. The van der Waals surface area contributed by atoms with E-state index in [2.05, 4.69) is 25.2 Å². The topological polar surface area (TPSA) is 117 Å². The van der Waals surface area contributed by atoms with Gasteiger partial charge < -0.3 is 0 Å². The van der Waals surface area contributed by atoms with E-state index in [-0.39, 0.29) is 21.4 Å². The van der Waals surface area contributed by atoms with Gasteiger partial charge in [0.25, 0.3) is 15.9 Å². The molecule has 3 N–H and O–H groups in total. The molecule has 1 aromatic carbocycles. The van der Waals surface area contributed by atoms with Gasteiger partial charge in [-0.05, 0) is 23.6 Å². The first kappa shape index (κ1) is 15.2. The van der Waals surface area contributed by atoms with Crippen molar-refractivity contribution in [3.8, 4) is 0 Å². The number of aromatic nitrogens is 3. The number of benzene rings is 1. The second-order valence-corrected chi connectivity index (χ2v) is 7.23. The first-order chi connectivity index (χ1) is 11.1. The van der Waals surface area contributed by atoms with E-state index in [4.69, 9.17) is 0 Å². The molecule has 0 spiro atoms. The van der Waals surface area contributed by atoms with Crippen molar-refractivity contribution in [3.05, 3.63) is 53.7 Å². The zero-order chi connectivity index (χ0) is 16.3. The number of hydrogen-bond acceptors (Lipinski definition) is 6. The summed E-state index contributed by atoms with van der Waals surface area (Å²) in [7, 11) is -3.74. The minimum absolute atomic E-state index is 0.169. The second-order valence-electron chi connectivity index (χ2n) is 4.37. The van der Waals surface area contributed by atoms with Crippen molar-refractivity contribution < 1.29 is 13.2 Å². The van der Waals surface area contributed by atoms with Crippen LogP contribution in [0.4, 0.5) is 11.6 Å². The van der Waals surface area contributed by atoms with Gasteiger partial charge in [-0.25, -0.2) is 13.5 Å². The SMILES string of the molecule is O=C(Nc1ncn[nH]1)c1ccccc1NS(=O)(=O)c1cccs1. The zero-order valence-electron chi connectivity index (χ0n) is 11.6. The third kappa shape index (κ3) is 3.38. The van der Waals surface area contributed by atoms with Crippen molar-refractivity contribution in [2.75, 3.05) is 10.0 Å². The Balaban J connectivity index is 1.88. The number of nitrogens with zero attached hydrogens (tertiary/aromatic N) is 2. The summed E-state index contributed by atoms with van der Waals surface area (Å²) in [5.74, 6) is -0.336. The van der Waals surface area contributed by atoms with E-state index in [0.717, 1.165) is 11.3 Å². The number of hydrogen-bond donors (Lipinski definition) is 3. The minimum Gasteiger partial charge on any atom is -0.291 e. The number of para-hydroxylation sites is 1. The number of sulfonamides is 1. The Morgan fingerprint density at radius 2 is 2.00 bits per heavy atom. The predicted molar refractivity (Wildman–Crippen MR) is 85.9 cm³/mol. The van der Waals surface area contributed by atoms with E-state index in [0.29, 0.717) is 0 Å². The molecule has 0 unspecified atom stereocenters. The molecule has 0 fully saturated rings. The van der Waals surface area contributed by atoms with Crippen LogP contribution in [-0.2, 0) is 10.0 Å². The van der Waals surface area contributed by atoms with Gasteiger partial charge in [0, 0.05) is 0 Å². The maximum Gasteiger partial charge on any atom is 0.271 e. The van der Waals surface area contributed by atoms with E-state index >= 15 is 0 Å². The van der Waals surface area contributed by atoms with E-state index < -0.39 is 15.9 Å². The van der Waals surface area contributed by atoms with Crippen LogP contribution in [0.5, 0.6) is 0 Å². The molecule has 0 aliphatic carbocycles. The summed E-state index contributed by atoms with van der Waals surface area (Å²) in [5.41, 5.74) is 0.349. The first-order valence-corrected chi connectivity index (χ1v) is 8.74. The number of H-pyrrole nitrogens is 1. The Hall–Kier alpha value is -2.72. The van der Waals surface area contributed by atoms with Crippen LogP contribution in [0.3, 0.4) is 0 Å². The van der Waals surface area contributed by atoms with Gasteiger partial charge in [-0.1, -0.05) is 18.2 Å². The molecule has 3 aromatic rings. The van der Waals surface area contributed by atoms with Crippen molar-refractivity contribution in [2.24, 2.45) is 0 Å². The lowest BCUT2D eigenvalue weighted by Crippen LogP contribution is -2.18. The highest BCUT2D eigenvalue weighted by molar-refractivity contribution is 7.94. The van der Waals surface area contributed by atoms with Gasteiger partial charge in [-0.2, -0.15) is 10.1 Å². The Labute approximate surface area is 135 Å². The summed E-state index contributed by atoms with van der Waals surface area (Å²) in [5, 5.41) is 10.3. The number of aromatic amines is 1. The van der Waals surface area contributed by atoms with E-state index in [9.17, 15) is 13.2 Å². The van der Waals surface area contributed by atoms with Gasteiger partial charge in [0.1, 0.15) is 10.5 Å². The predicted octanol–water partition coefficient (Wildman–Crippen LogP) is 1.92. The van der Waals surface area contributed by atoms with E-state index in [1.165, 1.54) is 24.5 Å². The number of nitrogens with one attached hydrogen (secondary N) is 3. The molecule has 3 rings (SSSR count). The highest BCUT2D eigenvalue weighted by Gasteiger charge is 2.19. The van der Waals surface area contributed by atoms with E-state index in [1.807, 2.05) is 0 Å². The fourth-order valence-corrected chi connectivity index (χ4v) is 3.89. The molecule has 0 radical (unpaired) electrons.